The number of benzene rings is 1. The van der Waals surface area contributed by atoms with Gasteiger partial charge in [-0.1, -0.05) is 37.1 Å². The number of rotatable bonds is 6. The highest BCUT2D eigenvalue weighted by molar-refractivity contribution is 5.92. The van der Waals surface area contributed by atoms with Crippen molar-refractivity contribution in [1.82, 2.24) is 10.2 Å². The molecule has 1 aliphatic carbocycles. The van der Waals surface area contributed by atoms with Crippen molar-refractivity contribution in [2.75, 3.05) is 18.5 Å². The summed E-state index contributed by atoms with van der Waals surface area (Å²) in [6.07, 6.45) is 6.63. The van der Waals surface area contributed by atoms with E-state index in [1.54, 1.807) is 0 Å². The van der Waals surface area contributed by atoms with Crippen molar-refractivity contribution < 1.29 is 4.74 Å². The van der Waals surface area contributed by atoms with Crippen molar-refractivity contribution in [2.45, 2.75) is 45.1 Å². The largest absolute Gasteiger partial charge is 0.378 e. The summed E-state index contributed by atoms with van der Waals surface area (Å²) in [6, 6.07) is 8.26. The third-order valence-electron chi connectivity index (χ3n) is 4.14. The first-order valence-corrected chi connectivity index (χ1v) is 7.92. The van der Waals surface area contributed by atoms with Crippen LogP contribution in [0.2, 0.25) is 0 Å². The molecule has 1 aliphatic rings. The normalized spacial score (nSPS) is 15.7. The second-order valence-corrected chi connectivity index (χ2v) is 5.74. The van der Waals surface area contributed by atoms with E-state index in [1.807, 2.05) is 19.1 Å². The molecule has 2 aromatic rings. The summed E-state index contributed by atoms with van der Waals surface area (Å²) in [6.45, 7) is 3.69. The molecule has 0 atom stereocenters. The summed E-state index contributed by atoms with van der Waals surface area (Å²) in [5.74, 6) is 0.872. The number of aryl methyl sites for hydroxylation is 1. The minimum Gasteiger partial charge on any atom is -0.378 e. The molecule has 1 heterocycles. The first kappa shape index (κ1) is 14.3. The van der Waals surface area contributed by atoms with Gasteiger partial charge in [0.25, 0.3) is 0 Å². The first-order chi connectivity index (χ1) is 10.3. The molecule has 1 N–H and O–H groups in total. The van der Waals surface area contributed by atoms with Crippen LogP contribution in [0, 0.1) is 6.92 Å². The van der Waals surface area contributed by atoms with Crippen molar-refractivity contribution in [3.05, 3.63) is 30.0 Å². The maximum absolute atomic E-state index is 5.87. The molecule has 112 valence electrons. The highest BCUT2D eigenvalue weighted by atomic mass is 16.5. The molecule has 4 nitrogen and oxygen atoms in total. The molecule has 21 heavy (non-hydrogen) atoms. The molecular formula is C17H23N3O. The van der Waals surface area contributed by atoms with Crippen molar-refractivity contribution in [2.24, 2.45) is 0 Å². The Kier molecular flexibility index (Phi) is 4.65. The minimum absolute atomic E-state index is 0.505. The lowest BCUT2D eigenvalue weighted by atomic mass is 10.1. The molecule has 0 amide bonds. The van der Waals surface area contributed by atoms with Gasteiger partial charge in [0, 0.05) is 23.9 Å². The number of hydrogen-bond acceptors (Lipinski definition) is 4. The Morgan fingerprint density at radius 2 is 1.90 bits per heavy atom. The summed E-state index contributed by atoms with van der Waals surface area (Å²) in [7, 11) is 0. The van der Waals surface area contributed by atoms with Crippen LogP contribution >= 0.6 is 0 Å². The van der Waals surface area contributed by atoms with Crippen molar-refractivity contribution >= 4 is 16.6 Å². The van der Waals surface area contributed by atoms with Crippen LogP contribution < -0.4 is 5.32 Å². The molecule has 0 unspecified atom stereocenters. The molecule has 1 fully saturated rings. The maximum Gasteiger partial charge on any atom is 0.156 e. The topological polar surface area (TPSA) is 47.0 Å². The van der Waals surface area contributed by atoms with Gasteiger partial charge in [-0.15, -0.1) is 5.10 Å². The Morgan fingerprint density at radius 1 is 1.14 bits per heavy atom. The Morgan fingerprint density at radius 3 is 2.71 bits per heavy atom. The number of ether oxygens (including phenoxy) is 1. The van der Waals surface area contributed by atoms with Gasteiger partial charge in [-0.05, 0) is 26.2 Å². The van der Waals surface area contributed by atoms with E-state index in [-0.39, 0.29) is 0 Å². The molecule has 0 aliphatic heterocycles. The third-order valence-corrected chi connectivity index (χ3v) is 4.14. The van der Waals surface area contributed by atoms with Gasteiger partial charge in [-0.25, -0.2) is 0 Å². The summed E-state index contributed by atoms with van der Waals surface area (Å²) >= 11 is 0. The van der Waals surface area contributed by atoms with Crippen LogP contribution in [0.3, 0.4) is 0 Å². The second-order valence-electron chi connectivity index (χ2n) is 5.74. The van der Waals surface area contributed by atoms with Crippen molar-refractivity contribution in [3.63, 3.8) is 0 Å². The quantitative estimate of drug-likeness (QED) is 0.822. The number of nitrogens with zero attached hydrogens (tertiary/aromatic N) is 2. The van der Waals surface area contributed by atoms with Gasteiger partial charge in [0.1, 0.15) is 0 Å². The van der Waals surface area contributed by atoms with Crippen molar-refractivity contribution in [1.29, 1.82) is 0 Å². The van der Waals surface area contributed by atoms with Crippen LogP contribution in [0.15, 0.2) is 24.3 Å². The average Bonchev–Trinajstić information content (AvgIpc) is 3.03. The van der Waals surface area contributed by atoms with Gasteiger partial charge < -0.3 is 10.1 Å². The van der Waals surface area contributed by atoms with Crippen LogP contribution in [0.25, 0.3) is 10.8 Å². The molecule has 0 radical (unpaired) electrons. The fourth-order valence-electron chi connectivity index (χ4n) is 2.95. The van der Waals surface area contributed by atoms with Gasteiger partial charge in [0.05, 0.1) is 11.8 Å². The summed E-state index contributed by atoms with van der Waals surface area (Å²) in [5.41, 5.74) is 0.973. The molecule has 0 saturated heterocycles. The average molecular weight is 285 g/mol. The van der Waals surface area contributed by atoms with Crippen LogP contribution in [-0.2, 0) is 4.74 Å². The lowest BCUT2D eigenvalue weighted by Crippen LogP contribution is -2.12. The highest BCUT2D eigenvalue weighted by Crippen LogP contribution is 2.22. The zero-order valence-electron chi connectivity index (χ0n) is 12.6. The summed E-state index contributed by atoms with van der Waals surface area (Å²) < 4.78 is 5.87. The monoisotopic (exact) mass is 285 g/mol. The Bertz CT molecular complexity index is 594. The van der Waals surface area contributed by atoms with E-state index in [9.17, 15) is 0 Å². The second kappa shape index (κ2) is 6.85. The fraction of sp³-hybridized carbons (Fsp3) is 0.529. The molecule has 0 bridgehead atoms. The number of hydrogen-bond donors (Lipinski definition) is 1. The van der Waals surface area contributed by atoms with Crippen LogP contribution in [0.1, 0.15) is 37.8 Å². The van der Waals surface area contributed by atoms with Crippen molar-refractivity contribution in [3.8, 4) is 0 Å². The van der Waals surface area contributed by atoms with Gasteiger partial charge in [-0.2, -0.15) is 5.10 Å². The number of anilines is 1. The SMILES string of the molecule is Cc1nnc(NCCCOC2CCCC2)c2ccccc12. The maximum atomic E-state index is 5.87. The lowest BCUT2D eigenvalue weighted by Gasteiger charge is -2.12. The predicted octanol–water partition coefficient (Wildman–Crippen LogP) is 3.70. The lowest BCUT2D eigenvalue weighted by molar-refractivity contribution is 0.0583. The number of fused-ring (bicyclic) bond motifs is 1. The standard InChI is InChI=1S/C17H23N3O/c1-13-15-9-4-5-10-16(15)17(20-19-13)18-11-6-12-21-14-7-2-3-8-14/h4-5,9-10,14H,2-3,6-8,11-12H2,1H3,(H,18,20). The summed E-state index contributed by atoms with van der Waals surface area (Å²) in [5, 5.41) is 14.2. The first-order valence-electron chi connectivity index (χ1n) is 7.92. The van der Waals surface area contributed by atoms with E-state index in [0.717, 1.165) is 41.9 Å². The molecule has 1 saturated carbocycles. The number of nitrogens with one attached hydrogen (secondary N) is 1. The van der Waals surface area contributed by atoms with Crippen LogP contribution in [0.4, 0.5) is 5.82 Å². The number of aromatic nitrogens is 2. The van der Waals surface area contributed by atoms with Gasteiger partial charge in [0.2, 0.25) is 0 Å². The van der Waals surface area contributed by atoms with E-state index in [2.05, 4.69) is 27.6 Å². The van der Waals surface area contributed by atoms with E-state index in [1.165, 1.54) is 25.7 Å². The fourth-order valence-corrected chi connectivity index (χ4v) is 2.95. The third kappa shape index (κ3) is 3.50. The molecular weight excluding hydrogens is 262 g/mol. The zero-order chi connectivity index (χ0) is 14.5. The Balaban J connectivity index is 1.52. The van der Waals surface area contributed by atoms with E-state index in [0.29, 0.717) is 6.10 Å². The zero-order valence-corrected chi connectivity index (χ0v) is 12.6. The molecule has 1 aromatic heterocycles. The van der Waals surface area contributed by atoms with Gasteiger partial charge in [-0.3, -0.25) is 0 Å². The minimum atomic E-state index is 0.505. The van der Waals surface area contributed by atoms with Crippen LogP contribution in [0.5, 0.6) is 0 Å². The molecule has 4 heteroatoms. The highest BCUT2D eigenvalue weighted by Gasteiger charge is 2.14. The van der Waals surface area contributed by atoms with Gasteiger partial charge >= 0.3 is 0 Å². The van der Waals surface area contributed by atoms with Gasteiger partial charge in [0.15, 0.2) is 5.82 Å². The van der Waals surface area contributed by atoms with Crippen LogP contribution in [-0.4, -0.2) is 29.5 Å². The Hall–Kier alpha value is -1.68. The smallest absolute Gasteiger partial charge is 0.156 e. The van der Waals surface area contributed by atoms with E-state index in [4.69, 9.17) is 4.74 Å². The molecule has 3 rings (SSSR count). The Labute approximate surface area is 125 Å². The molecule has 0 spiro atoms. The van der Waals surface area contributed by atoms with E-state index < -0.39 is 0 Å². The van der Waals surface area contributed by atoms with E-state index >= 15 is 0 Å². The molecule has 1 aromatic carbocycles. The predicted molar refractivity (Wildman–Crippen MR) is 85.6 cm³/mol. The summed E-state index contributed by atoms with van der Waals surface area (Å²) in [4.78, 5) is 0.